The van der Waals surface area contributed by atoms with E-state index in [0.29, 0.717) is 0 Å². The van der Waals surface area contributed by atoms with Gasteiger partial charge in [0.05, 0.1) is 0 Å². The minimum absolute atomic E-state index is 0. The minimum Gasteiger partial charge on any atom is -0.480 e. The molecule has 0 bridgehead atoms. The molecule has 0 aliphatic heterocycles. The molecule has 0 aliphatic rings. The van der Waals surface area contributed by atoms with Crippen molar-refractivity contribution in [3.63, 3.8) is 0 Å². The van der Waals surface area contributed by atoms with Gasteiger partial charge >= 0.3 is 11.9 Å². The summed E-state index contributed by atoms with van der Waals surface area (Å²) in [6.07, 6.45) is -0.235. The van der Waals surface area contributed by atoms with Crippen molar-refractivity contribution >= 4 is 36.4 Å². The second-order valence-corrected chi connectivity index (χ2v) is 4.26. The van der Waals surface area contributed by atoms with Gasteiger partial charge in [-0.05, 0) is 6.42 Å². The van der Waals surface area contributed by atoms with Crippen LogP contribution in [0.5, 0.6) is 0 Å². The van der Waals surface area contributed by atoms with Gasteiger partial charge in [-0.15, -0.1) is 0 Å². The van der Waals surface area contributed by atoms with E-state index in [1.54, 1.807) is 0 Å². The van der Waals surface area contributed by atoms with Crippen LogP contribution in [0, 0.1) is 0 Å². The van der Waals surface area contributed by atoms with Crippen LogP contribution in [0.2, 0.25) is 0 Å². The first-order valence-electron chi connectivity index (χ1n) is 5.66. The average molecular weight is 373 g/mol. The monoisotopic (exact) mass is 371 g/mol. The van der Waals surface area contributed by atoms with Gasteiger partial charge in [0.25, 0.3) is 0 Å². The van der Waals surface area contributed by atoms with Crippen molar-refractivity contribution in [2.24, 2.45) is 5.73 Å². The molecule has 0 radical (unpaired) electrons. The summed E-state index contributed by atoms with van der Waals surface area (Å²) in [5, 5.41) is 21.4. The molecule has 21 heavy (non-hydrogen) atoms. The summed E-state index contributed by atoms with van der Waals surface area (Å²) in [4.78, 5) is 43.7. The normalized spacial score (nSPS) is 12.5. The fourth-order valence-electron chi connectivity index (χ4n) is 1.16. The number of carboxylic acid groups (broad SMARTS) is 2. The average Bonchev–Trinajstić information content (AvgIpc) is 2.38. The second-order valence-electron chi connectivity index (χ2n) is 3.90. The zero-order chi connectivity index (χ0) is 15.7. The molecule has 0 rings (SSSR count). The van der Waals surface area contributed by atoms with Crippen LogP contribution >= 0.6 is 12.6 Å². The Balaban J connectivity index is 0. The SMILES string of the molecule is N[C@@H](CCC(=O)N[C@@H](CS)C(=O)NCC(=O)O)C(=O)O.[Zn]. The first kappa shape index (κ1) is 22.1. The van der Waals surface area contributed by atoms with Crippen molar-refractivity contribution in [1.82, 2.24) is 10.6 Å². The summed E-state index contributed by atoms with van der Waals surface area (Å²) in [6, 6.07) is -2.15. The third kappa shape index (κ3) is 10.2. The quantitative estimate of drug-likeness (QED) is 0.198. The fourth-order valence-corrected chi connectivity index (χ4v) is 1.41. The van der Waals surface area contributed by atoms with Crippen LogP contribution < -0.4 is 16.4 Å². The maximum Gasteiger partial charge on any atom is 0.322 e. The molecule has 0 aliphatic carbocycles. The Hall–Kier alpha value is -1.19. The van der Waals surface area contributed by atoms with Crippen molar-refractivity contribution in [3.8, 4) is 0 Å². The number of rotatable bonds is 9. The summed E-state index contributed by atoms with van der Waals surface area (Å²) in [7, 11) is 0. The van der Waals surface area contributed by atoms with E-state index in [4.69, 9.17) is 15.9 Å². The molecule has 0 heterocycles. The number of carbonyl (C=O) groups excluding carboxylic acids is 2. The van der Waals surface area contributed by atoms with Crippen LogP contribution in [0.1, 0.15) is 12.8 Å². The molecule has 11 heteroatoms. The van der Waals surface area contributed by atoms with E-state index in [9.17, 15) is 19.2 Å². The van der Waals surface area contributed by atoms with E-state index in [1.165, 1.54) is 0 Å². The zero-order valence-electron chi connectivity index (χ0n) is 11.2. The molecular formula is C10H17N3O6SZn. The Bertz CT molecular complexity index is 395. The Morgan fingerprint density at radius 1 is 1.19 bits per heavy atom. The first-order chi connectivity index (χ1) is 9.27. The zero-order valence-corrected chi connectivity index (χ0v) is 15.1. The molecule has 2 amide bonds. The summed E-state index contributed by atoms with van der Waals surface area (Å²) < 4.78 is 0. The van der Waals surface area contributed by atoms with E-state index in [0.717, 1.165) is 0 Å². The number of carbonyl (C=O) groups is 4. The fraction of sp³-hybridized carbons (Fsp3) is 0.600. The number of nitrogens with two attached hydrogens (primary N) is 1. The Morgan fingerprint density at radius 3 is 2.19 bits per heavy atom. The van der Waals surface area contributed by atoms with Crippen molar-refractivity contribution in [1.29, 1.82) is 0 Å². The van der Waals surface area contributed by atoms with Gasteiger partial charge in [0.15, 0.2) is 0 Å². The van der Waals surface area contributed by atoms with Gasteiger partial charge in [0, 0.05) is 31.7 Å². The van der Waals surface area contributed by atoms with E-state index in [2.05, 4.69) is 23.3 Å². The van der Waals surface area contributed by atoms with Gasteiger partial charge in [0.2, 0.25) is 11.8 Å². The van der Waals surface area contributed by atoms with Crippen molar-refractivity contribution in [2.45, 2.75) is 24.9 Å². The molecule has 0 saturated carbocycles. The predicted octanol–water partition coefficient (Wildman–Crippen LogP) is -2.21. The minimum atomic E-state index is -1.22. The summed E-state index contributed by atoms with van der Waals surface area (Å²) in [5.41, 5.74) is 5.23. The van der Waals surface area contributed by atoms with Crippen LogP contribution in [0.15, 0.2) is 0 Å². The molecule has 0 aromatic heterocycles. The van der Waals surface area contributed by atoms with E-state index >= 15 is 0 Å². The van der Waals surface area contributed by atoms with Crippen LogP contribution in [0.3, 0.4) is 0 Å². The number of hydrogen-bond acceptors (Lipinski definition) is 6. The Kier molecular flexibility index (Phi) is 12.1. The number of amides is 2. The smallest absolute Gasteiger partial charge is 0.322 e. The molecule has 2 atom stereocenters. The topological polar surface area (TPSA) is 159 Å². The molecule has 0 fully saturated rings. The number of hydrogen-bond donors (Lipinski definition) is 6. The number of aliphatic carboxylic acids is 2. The Labute approximate surface area is 139 Å². The maximum absolute atomic E-state index is 11.5. The number of carboxylic acids is 2. The van der Waals surface area contributed by atoms with Crippen LogP contribution in [0.25, 0.3) is 0 Å². The van der Waals surface area contributed by atoms with Crippen molar-refractivity contribution < 1.29 is 48.9 Å². The molecule has 6 N–H and O–H groups in total. The van der Waals surface area contributed by atoms with Gasteiger partial charge in [-0.25, -0.2) is 0 Å². The largest absolute Gasteiger partial charge is 0.480 e. The van der Waals surface area contributed by atoms with E-state index in [1.807, 2.05) is 0 Å². The van der Waals surface area contributed by atoms with E-state index < -0.39 is 42.4 Å². The van der Waals surface area contributed by atoms with Gasteiger partial charge in [-0.1, -0.05) is 0 Å². The predicted molar refractivity (Wildman–Crippen MR) is 71.3 cm³/mol. The van der Waals surface area contributed by atoms with E-state index in [-0.39, 0.29) is 38.1 Å². The van der Waals surface area contributed by atoms with Crippen LogP contribution in [-0.4, -0.2) is 58.3 Å². The first-order valence-corrected chi connectivity index (χ1v) is 6.29. The molecule has 0 aromatic rings. The van der Waals surface area contributed by atoms with Gasteiger partial charge in [-0.2, -0.15) is 12.6 Å². The molecule has 9 nitrogen and oxygen atoms in total. The number of nitrogens with one attached hydrogen (secondary N) is 2. The molecule has 0 aromatic carbocycles. The molecule has 116 valence electrons. The summed E-state index contributed by atoms with van der Waals surface area (Å²) in [5.74, 6) is -3.70. The van der Waals surface area contributed by atoms with Crippen LogP contribution in [0.4, 0.5) is 0 Å². The molecular weight excluding hydrogens is 356 g/mol. The van der Waals surface area contributed by atoms with Gasteiger partial charge in [0.1, 0.15) is 18.6 Å². The van der Waals surface area contributed by atoms with Crippen LogP contribution in [-0.2, 0) is 38.7 Å². The molecule has 0 spiro atoms. The summed E-state index contributed by atoms with van der Waals surface area (Å²) in [6.45, 7) is -0.567. The third-order valence-corrected chi connectivity index (χ3v) is 2.61. The van der Waals surface area contributed by atoms with Crippen molar-refractivity contribution in [3.05, 3.63) is 0 Å². The molecule has 0 saturated heterocycles. The Morgan fingerprint density at radius 2 is 1.76 bits per heavy atom. The van der Waals surface area contributed by atoms with Gasteiger partial charge < -0.3 is 26.6 Å². The summed E-state index contributed by atoms with van der Waals surface area (Å²) >= 11 is 3.87. The van der Waals surface area contributed by atoms with Gasteiger partial charge in [-0.3, -0.25) is 19.2 Å². The third-order valence-electron chi connectivity index (χ3n) is 2.25. The van der Waals surface area contributed by atoms with Crippen molar-refractivity contribution in [2.75, 3.05) is 12.3 Å². The maximum atomic E-state index is 11.5. The second kappa shape index (κ2) is 11.5. The standard InChI is InChI=1S/C10H17N3O6S.Zn/c11-5(10(18)19)1-2-7(14)13-6(4-20)9(17)12-3-8(15)16;/h5-6,20H,1-4,11H2,(H,12,17)(H,13,14)(H,15,16)(H,18,19);/t5-,6-;/m0./s1. The number of thiol groups is 1. The molecule has 0 unspecified atom stereocenters.